The molecule has 1 amide bonds. The SMILES string of the molecule is CC[NH+](CC(=O)Nc1ccccc1[N+](=O)[O-])Cc1cccs1. The molecule has 1 heterocycles. The van der Waals surface area contributed by atoms with Crippen molar-refractivity contribution in [3.05, 3.63) is 56.8 Å². The van der Waals surface area contributed by atoms with Crippen molar-refractivity contribution in [2.24, 2.45) is 0 Å². The number of benzene rings is 1. The standard InChI is InChI=1S/C15H17N3O3S/c1-2-17(10-12-6-5-9-22-12)11-15(19)16-13-7-3-4-8-14(13)18(20)21/h3-9H,2,10-11H2,1H3,(H,16,19)/p+1. The van der Waals surface area contributed by atoms with Gasteiger partial charge in [0.15, 0.2) is 6.54 Å². The van der Waals surface area contributed by atoms with E-state index in [9.17, 15) is 14.9 Å². The number of nitro benzene ring substituents is 1. The molecule has 1 aromatic carbocycles. The van der Waals surface area contributed by atoms with Gasteiger partial charge in [0.2, 0.25) is 0 Å². The zero-order valence-electron chi connectivity index (χ0n) is 12.2. The van der Waals surface area contributed by atoms with Crippen molar-refractivity contribution in [1.82, 2.24) is 0 Å². The Bertz CT molecular complexity index is 643. The van der Waals surface area contributed by atoms with Crippen LogP contribution in [0.5, 0.6) is 0 Å². The average molecular weight is 320 g/mol. The minimum atomic E-state index is -0.494. The predicted octanol–water partition coefficient (Wildman–Crippen LogP) is 1.70. The van der Waals surface area contributed by atoms with Crippen LogP contribution in [0.1, 0.15) is 11.8 Å². The Labute approximate surface area is 132 Å². The second-order valence-electron chi connectivity index (χ2n) is 4.86. The van der Waals surface area contributed by atoms with Crippen LogP contribution in [-0.4, -0.2) is 23.9 Å². The first-order chi connectivity index (χ1) is 10.6. The minimum Gasteiger partial charge on any atom is -0.323 e. The third-order valence-electron chi connectivity index (χ3n) is 3.29. The maximum Gasteiger partial charge on any atom is 0.292 e. The zero-order valence-corrected chi connectivity index (χ0v) is 13.1. The van der Waals surface area contributed by atoms with E-state index in [-0.39, 0.29) is 23.8 Å². The third-order valence-corrected chi connectivity index (χ3v) is 4.17. The lowest BCUT2D eigenvalue weighted by atomic mass is 10.2. The van der Waals surface area contributed by atoms with Crippen LogP contribution in [0.15, 0.2) is 41.8 Å². The van der Waals surface area contributed by atoms with Crippen LogP contribution in [0.4, 0.5) is 11.4 Å². The van der Waals surface area contributed by atoms with Gasteiger partial charge in [0.05, 0.1) is 16.3 Å². The Morgan fingerprint density at radius 1 is 1.32 bits per heavy atom. The molecule has 6 nitrogen and oxygen atoms in total. The molecule has 0 saturated heterocycles. The van der Waals surface area contributed by atoms with Crippen LogP contribution in [-0.2, 0) is 11.3 Å². The fourth-order valence-electron chi connectivity index (χ4n) is 2.13. The molecule has 22 heavy (non-hydrogen) atoms. The van der Waals surface area contributed by atoms with Gasteiger partial charge in [-0.2, -0.15) is 0 Å². The van der Waals surface area contributed by atoms with E-state index in [0.717, 1.165) is 18.0 Å². The molecule has 2 N–H and O–H groups in total. The highest BCUT2D eigenvalue weighted by atomic mass is 32.1. The molecule has 1 atom stereocenters. The summed E-state index contributed by atoms with van der Waals surface area (Å²) >= 11 is 1.66. The van der Waals surface area contributed by atoms with E-state index in [1.807, 2.05) is 24.4 Å². The minimum absolute atomic E-state index is 0.0906. The van der Waals surface area contributed by atoms with E-state index in [1.54, 1.807) is 29.5 Å². The Kier molecular flexibility index (Phi) is 5.62. The van der Waals surface area contributed by atoms with Crippen molar-refractivity contribution in [3.63, 3.8) is 0 Å². The molecular weight excluding hydrogens is 302 g/mol. The van der Waals surface area contributed by atoms with Gasteiger partial charge in [-0.1, -0.05) is 18.2 Å². The van der Waals surface area contributed by atoms with E-state index in [4.69, 9.17) is 0 Å². The number of hydrogen-bond donors (Lipinski definition) is 2. The molecule has 1 aromatic heterocycles. The number of thiophene rings is 1. The summed E-state index contributed by atoms with van der Waals surface area (Å²) in [6.07, 6.45) is 0. The Morgan fingerprint density at radius 3 is 2.73 bits per heavy atom. The van der Waals surface area contributed by atoms with Gasteiger partial charge in [0, 0.05) is 6.07 Å². The number of carbonyl (C=O) groups is 1. The predicted molar refractivity (Wildman–Crippen MR) is 86.1 cm³/mol. The van der Waals surface area contributed by atoms with E-state index in [0.29, 0.717) is 0 Å². The van der Waals surface area contributed by atoms with Gasteiger partial charge in [-0.25, -0.2) is 0 Å². The first-order valence-corrected chi connectivity index (χ1v) is 7.87. The van der Waals surface area contributed by atoms with Crippen molar-refractivity contribution >= 4 is 28.6 Å². The zero-order chi connectivity index (χ0) is 15.9. The van der Waals surface area contributed by atoms with E-state index >= 15 is 0 Å². The summed E-state index contributed by atoms with van der Waals surface area (Å²) in [6, 6.07) is 10.2. The summed E-state index contributed by atoms with van der Waals surface area (Å²) in [4.78, 5) is 24.9. The van der Waals surface area contributed by atoms with Gasteiger partial charge in [-0.3, -0.25) is 14.9 Å². The first kappa shape index (κ1) is 16.1. The normalized spacial score (nSPS) is 11.9. The van der Waals surface area contributed by atoms with E-state index < -0.39 is 4.92 Å². The molecule has 0 bridgehead atoms. The van der Waals surface area contributed by atoms with Crippen LogP contribution in [0, 0.1) is 10.1 Å². The molecule has 7 heteroatoms. The van der Waals surface area contributed by atoms with Crippen LogP contribution in [0.3, 0.4) is 0 Å². The van der Waals surface area contributed by atoms with Gasteiger partial charge in [-0.05, 0) is 24.4 Å². The summed E-state index contributed by atoms with van der Waals surface area (Å²) in [7, 11) is 0. The van der Waals surface area contributed by atoms with Gasteiger partial charge < -0.3 is 10.2 Å². The molecule has 116 valence electrons. The molecular formula is C15H18N3O3S+. The molecule has 2 rings (SSSR count). The highest BCUT2D eigenvalue weighted by Gasteiger charge is 2.18. The molecule has 0 radical (unpaired) electrons. The molecule has 0 spiro atoms. The highest BCUT2D eigenvalue weighted by molar-refractivity contribution is 7.09. The number of nitrogens with one attached hydrogen (secondary N) is 2. The van der Waals surface area contributed by atoms with Crippen molar-refractivity contribution in [3.8, 4) is 0 Å². The fourth-order valence-corrected chi connectivity index (χ4v) is 2.91. The van der Waals surface area contributed by atoms with Crippen LogP contribution < -0.4 is 10.2 Å². The Balaban J connectivity index is 1.98. The maximum absolute atomic E-state index is 12.1. The van der Waals surface area contributed by atoms with Gasteiger partial charge >= 0.3 is 0 Å². The second-order valence-corrected chi connectivity index (χ2v) is 5.89. The Hall–Kier alpha value is -2.25. The number of rotatable bonds is 7. The number of hydrogen-bond acceptors (Lipinski definition) is 4. The van der Waals surface area contributed by atoms with Crippen LogP contribution in [0.25, 0.3) is 0 Å². The number of nitrogens with zero attached hydrogens (tertiary/aromatic N) is 1. The molecule has 0 aliphatic rings. The second kappa shape index (κ2) is 7.67. The van der Waals surface area contributed by atoms with Gasteiger partial charge in [0.1, 0.15) is 12.2 Å². The summed E-state index contributed by atoms with van der Waals surface area (Å²) in [5.74, 6) is -0.220. The molecule has 0 fully saturated rings. The fraction of sp³-hybridized carbons (Fsp3) is 0.267. The van der Waals surface area contributed by atoms with Crippen molar-refractivity contribution in [2.75, 3.05) is 18.4 Å². The summed E-state index contributed by atoms with van der Waals surface area (Å²) in [6.45, 7) is 3.88. The number of para-hydroxylation sites is 2. The van der Waals surface area contributed by atoms with E-state index in [2.05, 4.69) is 5.32 Å². The third kappa shape index (κ3) is 4.37. The maximum atomic E-state index is 12.1. The van der Waals surface area contributed by atoms with Crippen molar-refractivity contribution in [2.45, 2.75) is 13.5 Å². The highest BCUT2D eigenvalue weighted by Crippen LogP contribution is 2.22. The molecule has 0 aliphatic carbocycles. The number of likely N-dealkylation sites (N-methyl/N-ethyl adjacent to an activating group) is 1. The lowest BCUT2D eigenvalue weighted by molar-refractivity contribution is -0.903. The van der Waals surface area contributed by atoms with Gasteiger partial charge in [-0.15, -0.1) is 11.3 Å². The first-order valence-electron chi connectivity index (χ1n) is 6.99. The van der Waals surface area contributed by atoms with Crippen molar-refractivity contribution in [1.29, 1.82) is 0 Å². The smallest absolute Gasteiger partial charge is 0.292 e. The molecule has 1 unspecified atom stereocenters. The van der Waals surface area contributed by atoms with E-state index in [1.165, 1.54) is 10.9 Å². The summed E-state index contributed by atoms with van der Waals surface area (Å²) in [5, 5.41) is 15.6. The van der Waals surface area contributed by atoms with Crippen molar-refractivity contribution < 1.29 is 14.6 Å². The Morgan fingerprint density at radius 2 is 2.09 bits per heavy atom. The largest absolute Gasteiger partial charge is 0.323 e. The monoisotopic (exact) mass is 320 g/mol. The number of quaternary nitrogens is 1. The number of carbonyl (C=O) groups excluding carboxylic acids is 1. The molecule has 0 saturated carbocycles. The van der Waals surface area contributed by atoms with Gasteiger partial charge in [0.25, 0.3) is 11.6 Å². The topological polar surface area (TPSA) is 76.7 Å². The molecule has 0 aliphatic heterocycles. The van der Waals surface area contributed by atoms with Crippen LogP contribution >= 0.6 is 11.3 Å². The quantitative estimate of drug-likeness (QED) is 0.602. The number of anilines is 1. The lowest BCUT2D eigenvalue weighted by Crippen LogP contribution is -3.11. The number of nitro groups is 1. The number of amides is 1. The van der Waals surface area contributed by atoms with Crippen LogP contribution in [0.2, 0.25) is 0 Å². The molecule has 2 aromatic rings. The average Bonchev–Trinajstić information content (AvgIpc) is 2.99. The lowest BCUT2D eigenvalue weighted by Gasteiger charge is -2.16. The summed E-state index contributed by atoms with van der Waals surface area (Å²) < 4.78 is 0. The summed E-state index contributed by atoms with van der Waals surface area (Å²) in [5.41, 5.74) is 0.149.